The van der Waals surface area contributed by atoms with Crippen molar-refractivity contribution >= 4 is 28.6 Å². The molecular formula is C19H18N4O4S. The van der Waals surface area contributed by atoms with Crippen LogP contribution >= 0.6 is 11.3 Å². The fourth-order valence-electron chi connectivity index (χ4n) is 2.82. The molecule has 2 aromatic heterocycles. The second-order valence-electron chi connectivity index (χ2n) is 6.26. The van der Waals surface area contributed by atoms with Crippen molar-refractivity contribution in [2.45, 2.75) is 13.5 Å². The van der Waals surface area contributed by atoms with Gasteiger partial charge < -0.3 is 20.5 Å². The van der Waals surface area contributed by atoms with Crippen LogP contribution in [0.2, 0.25) is 0 Å². The number of fused-ring (bicyclic) bond motifs is 1. The minimum absolute atomic E-state index is 0.0446. The highest BCUT2D eigenvalue weighted by Crippen LogP contribution is 2.32. The topological polar surface area (TPSA) is 108 Å². The summed E-state index contributed by atoms with van der Waals surface area (Å²) in [4.78, 5) is 26.7. The summed E-state index contributed by atoms with van der Waals surface area (Å²) >= 11 is 1.54. The van der Waals surface area contributed by atoms with Gasteiger partial charge in [0.25, 0.3) is 5.56 Å². The van der Waals surface area contributed by atoms with E-state index >= 15 is 0 Å². The van der Waals surface area contributed by atoms with Crippen LogP contribution in [0, 0.1) is 6.92 Å². The summed E-state index contributed by atoms with van der Waals surface area (Å²) < 4.78 is 12.0. The number of nitrogens with zero attached hydrogens (tertiary/aromatic N) is 2. The molecule has 4 rings (SSSR count). The van der Waals surface area contributed by atoms with E-state index in [1.807, 2.05) is 19.1 Å². The lowest BCUT2D eigenvalue weighted by atomic mass is 10.2. The van der Waals surface area contributed by atoms with E-state index < -0.39 is 11.5 Å². The number of rotatable bonds is 4. The van der Waals surface area contributed by atoms with Gasteiger partial charge in [0, 0.05) is 16.6 Å². The molecule has 1 amide bonds. The summed E-state index contributed by atoms with van der Waals surface area (Å²) in [6, 6.07) is 10.5. The minimum Gasteiger partial charge on any atom is -0.486 e. The Kier molecular flexibility index (Phi) is 4.74. The van der Waals surface area contributed by atoms with E-state index in [0.717, 1.165) is 14.4 Å². The maximum Gasteiger partial charge on any atom is 0.290 e. The molecule has 144 valence electrons. The Bertz CT molecular complexity index is 1110. The number of benzene rings is 1. The lowest BCUT2D eigenvalue weighted by Crippen LogP contribution is -2.31. The van der Waals surface area contributed by atoms with Crippen LogP contribution in [-0.2, 0) is 11.3 Å². The number of amides is 1. The van der Waals surface area contributed by atoms with Crippen molar-refractivity contribution in [3.63, 3.8) is 0 Å². The molecule has 0 bridgehead atoms. The van der Waals surface area contributed by atoms with Gasteiger partial charge in [0.05, 0.1) is 4.88 Å². The van der Waals surface area contributed by atoms with Crippen LogP contribution in [0.15, 0.2) is 41.2 Å². The molecule has 9 heteroatoms. The second-order valence-corrected chi connectivity index (χ2v) is 7.55. The van der Waals surface area contributed by atoms with E-state index in [0.29, 0.717) is 36.1 Å². The van der Waals surface area contributed by atoms with Crippen molar-refractivity contribution in [1.82, 2.24) is 9.78 Å². The third kappa shape index (κ3) is 3.70. The van der Waals surface area contributed by atoms with Gasteiger partial charge in [-0.05, 0) is 37.3 Å². The van der Waals surface area contributed by atoms with E-state index in [-0.39, 0.29) is 12.2 Å². The number of nitrogens with two attached hydrogens (primary N) is 1. The largest absolute Gasteiger partial charge is 0.486 e. The van der Waals surface area contributed by atoms with Gasteiger partial charge >= 0.3 is 0 Å². The first-order valence-corrected chi connectivity index (χ1v) is 9.45. The number of carbonyl (C=O) groups is 1. The summed E-state index contributed by atoms with van der Waals surface area (Å²) in [7, 11) is 0. The van der Waals surface area contributed by atoms with Gasteiger partial charge in [-0.2, -0.15) is 5.10 Å². The first kappa shape index (κ1) is 18.1. The number of hydrogen-bond acceptors (Lipinski definition) is 7. The molecular weight excluding hydrogens is 380 g/mol. The number of hydrogen-bond donors (Lipinski definition) is 2. The van der Waals surface area contributed by atoms with Crippen LogP contribution in [-0.4, -0.2) is 28.9 Å². The monoisotopic (exact) mass is 398 g/mol. The van der Waals surface area contributed by atoms with E-state index in [1.54, 1.807) is 18.2 Å². The van der Waals surface area contributed by atoms with Crippen LogP contribution in [0.1, 0.15) is 4.88 Å². The number of aryl methyl sites for hydroxylation is 1. The molecule has 1 aromatic carbocycles. The smallest absolute Gasteiger partial charge is 0.290 e. The Balaban J connectivity index is 1.54. The predicted octanol–water partition coefficient (Wildman–Crippen LogP) is 2.27. The third-order valence-corrected chi connectivity index (χ3v) is 5.14. The highest BCUT2D eigenvalue weighted by atomic mass is 32.1. The summed E-state index contributed by atoms with van der Waals surface area (Å²) in [5.74, 6) is 0.803. The third-order valence-electron chi connectivity index (χ3n) is 4.11. The number of carbonyl (C=O) groups excluding carboxylic acids is 1. The average Bonchev–Trinajstić information content (AvgIpc) is 3.11. The maximum absolute atomic E-state index is 12.4. The number of aromatic nitrogens is 2. The van der Waals surface area contributed by atoms with Gasteiger partial charge in [0.1, 0.15) is 31.1 Å². The van der Waals surface area contributed by atoms with Gasteiger partial charge in [0.15, 0.2) is 11.5 Å². The van der Waals surface area contributed by atoms with E-state index in [2.05, 4.69) is 10.4 Å². The number of ether oxygens (including phenoxy) is 2. The summed E-state index contributed by atoms with van der Waals surface area (Å²) in [5, 5.41) is 7.04. The van der Waals surface area contributed by atoms with Gasteiger partial charge in [-0.3, -0.25) is 9.59 Å². The van der Waals surface area contributed by atoms with Crippen molar-refractivity contribution in [2.24, 2.45) is 0 Å². The predicted molar refractivity (Wildman–Crippen MR) is 107 cm³/mol. The van der Waals surface area contributed by atoms with Crippen molar-refractivity contribution in [3.05, 3.63) is 51.6 Å². The van der Waals surface area contributed by atoms with Crippen LogP contribution in [0.4, 0.5) is 11.4 Å². The molecule has 0 saturated carbocycles. The zero-order valence-electron chi connectivity index (χ0n) is 15.1. The standard InChI is InChI=1S/C19H18N4O4S/c1-11-2-5-17(28-11)14-9-13(20)19(25)23(22-14)10-18(24)21-12-3-4-15-16(8-12)27-7-6-26-15/h2-5,8-9H,6-7,10,20H2,1H3,(H,21,24). The van der Waals surface area contributed by atoms with Crippen LogP contribution < -0.4 is 26.1 Å². The zero-order chi connectivity index (χ0) is 19.7. The normalized spacial score (nSPS) is 12.6. The highest BCUT2D eigenvalue weighted by molar-refractivity contribution is 7.15. The second kappa shape index (κ2) is 7.35. The summed E-state index contributed by atoms with van der Waals surface area (Å²) in [6.45, 7) is 2.68. The van der Waals surface area contributed by atoms with Crippen LogP contribution in [0.3, 0.4) is 0 Å². The number of nitrogen functional groups attached to an aromatic ring is 1. The Morgan fingerprint density at radius 1 is 1.21 bits per heavy atom. The molecule has 3 N–H and O–H groups in total. The zero-order valence-corrected chi connectivity index (χ0v) is 15.9. The van der Waals surface area contributed by atoms with Crippen molar-refractivity contribution in [2.75, 3.05) is 24.3 Å². The SMILES string of the molecule is Cc1ccc(-c2cc(N)c(=O)n(CC(=O)Nc3ccc4c(c3)OCCO4)n2)s1. The molecule has 0 radical (unpaired) electrons. The summed E-state index contributed by atoms with van der Waals surface area (Å²) in [6.07, 6.45) is 0. The molecule has 0 saturated heterocycles. The molecule has 8 nitrogen and oxygen atoms in total. The number of anilines is 2. The van der Waals surface area contributed by atoms with Crippen LogP contribution in [0.5, 0.6) is 11.5 Å². The Morgan fingerprint density at radius 2 is 2.00 bits per heavy atom. The lowest BCUT2D eigenvalue weighted by molar-refractivity contribution is -0.117. The minimum atomic E-state index is -0.505. The fraction of sp³-hybridized carbons (Fsp3) is 0.211. The van der Waals surface area contributed by atoms with Gasteiger partial charge in [-0.25, -0.2) is 4.68 Å². The molecule has 0 spiro atoms. The molecule has 1 aliphatic rings. The number of thiophene rings is 1. The molecule has 28 heavy (non-hydrogen) atoms. The molecule has 3 heterocycles. The van der Waals surface area contributed by atoms with Gasteiger partial charge in [-0.15, -0.1) is 11.3 Å². The molecule has 0 atom stereocenters. The van der Waals surface area contributed by atoms with Gasteiger partial charge in [-0.1, -0.05) is 0 Å². The van der Waals surface area contributed by atoms with E-state index in [4.69, 9.17) is 15.2 Å². The number of nitrogens with one attached hydrogen (secondary N) is 1. The maximum atomic E-state index is 12.4. The fourth-order valence-corrected chi connectivity index (χ4v) is 3.64. The molecule has 0 fully saturated rings. The van der Waals surface area contributed by atoms with Gasteiger partial charge in [0.2, 0.25) is 5.91 Å². The molecule has 0 unspecified atom stereocenters. The summed E-state index contributed by atoms with van der Waals surface area (Å²) in [5.41, 5.74) is 6.48. The Labute approximate surface area is 164 Å². The first-order chi connectivity index (χ1) is 13.5. The highest BCUT2D eigenvalue weighted by Gasteiger charge is 2.15. The molecule has 0 aliphatic carbocycles. The van der Waals surface area contributed by atoms with Crippen LogP contribution in [0.25, 0.3) is 10.6 Å². The quantitative estimate of drug-likeness (QED) is 0.698. The lowest BCUT2D eigenvalue weighted by Gasteiger charge is -2.19. The first-order valence-electron chi connectivity index (χ1n) is 8.63. The van der Waals surface area contributed by atoms with Crippen molar-refractivity contribution in [3.8, 4) is 22.1 Å². The van der Waals surface area contributed by atoms with E-state index in [9.17, 15) is 9.59 Å². The van der Waals surface area contributed by atoms with Crippen molar-refractivity contribution in [1.29, 1.82) is 0 Å². The van der Waals surface area contributed by atoms with Crippen molar-refractivity contribution < 1.29 is 14.3 Å². The Morgan fingerprint density at radius 3 is 2.75 bits per heavy atom. The molecule has 3 aromatic rings. The Hall–Kier alpha value is -3.33. The molecule has 1 aliphatic heterocycles. The van der Waals surface area contributed by atoms with E-state index in [1.165, 1.54) is 17.4 Å². The average molecular weight is 398 g/mol.